The van der Waals surface area contributed by atoms with Crippen LogP contribution in [0.25, 0.3) is 0 Å². The zero-order valence-corrected chi connectivity index (χ0v) is 12.4. The number of carboxylic acid groups (broad SMARTS) is 1. The summed E-state index contributed by atoms with van der Waals surface area (Å²) in [6.45, 7) is 2.74. The normalized spacial score (nSPS) is 20.4. The summed E-state index contributed by atoms with van der Waals surface area (Å²) >= 11 is 0. The number of carbonyl (C=O) groups is 3. The zero-order chi connectivity index (χ0) is 15.7. The number of amides is 2. The van der Waals surface area contributed by atoms with Crippen LogP contribution in [-0.4, -0.2) is 66.3 Å². The van der Waals surface area contributed by atoms with Crippen LogP contribution < -0.4 is 5.32 Å². The van der Waals surface area contributed by atoms with E-state index in [1.807, 2.05) is 0 Å². The first kappa shape index (κ1) is 16.4. The second-order valence-corrected chi connectivity index (χ2v) is 7.75. The van der Waals surface area contributed by atoms with Crippen LogP contribution in [-0.2, 0) is 24.2 Å². The lowest BCUT2D eigenvalue weighted by molar-refractivity contribution is -0.149. The second-order valence-electron chi connectivity index (χ2n) is 5.19. The molecule has 1 unspecified atom stereocenters. The van der Waals surface area contributed by atoms with E-state index in [1.54, 1.807) is 0 Å². The van der Waals surface area contributed by atoms with Gasteiger partial charge in [-0.05, 0) is 13.8 Å². The van der Waals surface area contributed by atoms with E-state index >= 15 is 0 Å². The first-order valence-electron chi connectivity index (χ1n) is 5.98. The second kappa shape index (κ2) is 5.39. The first-order chi connectivity index (χ1) is 8.98. The average Bonchev–Trinajstić information content (AvgIpc) is 2.28. The van der Waals surface area contributed by atoms with Crippen molar-refractivity contribution in [3.63, 3.8) is 0 Å². The molecule has 1 saturated heterocycles. The van der Waals surface area contributed by atoms with Crippen molar-refractivity contribution in [1.82, 2.24) is 10.2 Å². The minimum Gasteiger partial charge on any atom is -0.481 e. The van der Waals surface area contributed by atoms with Gasteiger partial charge in [0.2, 0.25) is 11.8 Å². The van der Waals surface area contributed by atoms with Gasteiger partial charge in [-0.2, -0.15) is 0 Å². The summed E-state index contributed by atoms with van der Waals surface area (Å²) in [5, 5.41) is 11.3. The third-order valence-electron chi connectivity index (χ3n) is 3.40. The van der Waals surface area contributed by atoms with Crippen molar-refractivity contribution < 1.29 is 27.9 Å². The summed E-state index contributed by atoms with van der Waals surface area (Å²) in [5.74, 6) is -2.58. The average molecular weight is 306 g/mol. The predicted molar refractivity (Wildman–Crippen MR) is 69.7 cm³/mol. The minimum atomic E-state index is -3.69. The topological polar surface area (TPSA) is 121 Å². The maximum Gasteiger partial charge on any atom is 0.305 e. The maximum absolute atomic E-state index is 12.4. The molecular weight excluding hydrogens is 288 g/mol. The van der Waals surface area contributed by atoms with Gasteiger partial charge in [0.05, 0.1) is 6.42 Å². The van der Waals surface area contributed by atoms with Crippen LogP contribution in [0.15, 0.2) is 0 Å². The molecule has 2 N–H and O–H groups in total. The zero-order valence-electron chi connectivity index (χ0n) is 11.5. The highest BCUT2D eigenvalue weighted by Gasteiger charge is 2.45. The molecule has 0 aliphatic carbocycles. The number of rotatable bonds is 4. The highest BCUT2D eigenvalue weighted by Crippen LogP contribution is 2.22. The molecule has 1 rings (SSSR count). The monoisotopic (exact) mass is 306 g/mol. The van der Waals surface area contributed by atoms with Gasteiger partial charge in [0.15, 0.2) is 9.84 Å². The van der Waals surface area contributed by atoms with E-state index in [1.165, 1.54) is 13.8 Å². The van der Waals surface area contributed by atoms with Gasteiger partial charge in [-0.25, -0.2) is 8.42 Å². The van der Waals surface area contributed by atoms with Crippen molar-refractivity contribution in [2.45, 2.75) is 31.1 Å². The molecule has 0 bridgehead atoms. The van der Waals surface area contributed by atoms with E-state index in [2.05, 4.69) is 5.32 Å². The number of nitrogens with zero attached hydrogens (tertiary/aromatic N) is 1. The molecular formula is C11H18N2O6S. The molecule has 114 valence electrons. The lowest BCUT2D eigenvalue weighted by atomic mass is 10.1. The van der Waals surface area contributed by atoms with Crippen LogP contribution in [0.4, 0.5) is 0 Å². The summed E-state index contributed by atoms with van der Waals surface area (Å²) in [6, 6.07) is -1.19. The molecule has 0 spiro atoms. The van der Waals surface area contributed by atoms with Crippen molar-refractivity contribution in [3.8, 4) is 0 Å². The molecule has 0 radical (unpaired) electrons. The predicted octanol–water partition coefficient (Wildman–Crippen LogP) is -1.39. The van der Waals surface area contributed by atoms with Crippen LogP contribution in [0.3, 0.4) is 0 Å². The van der Waals surface area contributed by atoms with Crippen LogP contribution in [0, 0.1) is 0 Å². The van der Waals surface area contributed by atoms with E-state index in [-0.39, 0.29) is 13.1 Å². The molecule has 2 amide bonds. The molecule has 20 heavy (non-hydrogen) atoms. The molecule has 9 heteroatoms. The molecule has 1 fully saturated rings. The Balaban J connectivity index is 3.11. The van der Waals surface area contributed by atoms with Gasteiger partial charge in [-0.3, -0.25) is 14.4 Å². The molecule has 0 saturated carbocycles. The van der Waals surface area contributed by atoms with Crippen molar-refractivity contribution in [2.75, 3.05) is 19.3 Å². The number of hydrogen-bond donors (Lipinski definition) is 2. The van der Waals surface area contributed by atoms with E-state index < -0.39 is 44.8 Å². The summed E-state index contributed by atoms with van der Waals surface area (Å²) in [6.07, 6.45) is 0.374. The van der Waals surface area contributed by atoms with E-state index in [9.17, 15) is 22.8 Å². The molecule has 1 aliphatic rings. The number of aliphatic carboxylic acids is 1. The van der Waals surface area contributed by atoms with Crippen LogP contribution in [0.1, 0.15) is 20.3 Å². The largest absolute Gasteiger partial charge is 0.481 e. The fraction of sp³-hybridized carbons (Fsp3) is 0.727. The van der Waals surface area contributed by atoms with E-state index in [4.69, 9.17) is 5.11 Å². The number of piperazine rings is 1. The Morgan fingerprint density at radius 2 is 2.00 bits per heavy atom. The lowest BCUT2D eigenvalue weighted by Gasteiger charge is -2.38. The standard InChI is InChI=1S/C11H18N2O6S/c1-11(2,20(3,18)19)10(17)13-5-4-12-9(16)7(13)6-8(14)15/h7H,4-6H2,1-3H3,(H,12,16)(H,14,15). The Labute approximate surface area is 117 Å². The Kier molecular flexibility index (Phi) is 4.42. The van der Waals surface area contributed by atoms with Crippen LogP contribution in [0.2, 0.25) is 0 Å². The fourth-order valence-corrected chi connectivity index (χ4v) is 2.27. The first-order valence-corrected chi connectivity index (χ1v) is 7.88. The van der Waals surface area contributed by atoms with Gasteiger partial charge in [0.1, 0.15) is 10.8 Å². The molecule has 1 atom stereocenters. The Morgan fingerprint density at radius 1 is 1.45 bits per heavy atom. The van der Waals surface area contributed by atoms with Gasteiger partial charge in [0, 0.05) is 19.3 Å². The summed E-state index contributed by atoms with van der Waals surface area (Å²) < 4.78 is 21.7. The van der Waals surface area contributed by atoms with Crippen molar-refractivity contribution in [2.24, 2.45) is 0 Å². The molecule has 0 aromatic heterocycles. The summed E-state index contributed by atoms with van der Waals surface area (Å²) in [5.41, 5.74) is 0. The molecule has 1 heterocycles. The highest BCUT2D eigenvalue weighted by atomic mass is 32.2. The van der Waals surface area contributed by atoms with Crippen LogP contribution in [0.5, 0.6) is 0 Å². The van der Waals surface area contributed by atoms with Gasteiger partial charge in [0.25, 0.3) is 0 Å². The molecule has 0 aromatic rings. The SMILES string of the molecule is CC(C)(C(=O)N1CCNC(=O)C1CC(=O)O)S(C)(=O)=O. The van der Waals surface area contributed by atoms with E-state index in [0.29, 0.717) is 0 Å². The third-order valence-corrected chi connectivity index (χ3v) is 5.43. The minimum absolute atomic E-state index is 0.0848. The summed E-state index contributed by atoms with van der Waals surface area (Å²) in [7, 11) is -3.69. The fourth-order valence-electron chi connectivity index (χ4n) is 1.83. The van der Waals surface area contributed by atoms with Gasteiger partial charge in [-0.15, -0.1) is 0 Å². The van der Waals surface area contributed by atoms with Crippen LogP contribution >= 0.6 is 0 Å². The number of nitrogens with one attached hydrogen (secondary N) is 1. The number of carboxylic acids is 1. The molecule has 0 aromatic carbocycles. The Morgan fingerprint density at radius 3 is 2.45 bits per heavy atom. The van der Waals surface area contributed by atoms with Gasteiger partial charge >= 0.3 is 5.97 Å². The lowest BCUT2D eigenvalue weighted by Crippen LogP contribution is -2.62. The molecule has 8 nitrogen and oxygen atoms in total. The van der Waals surface area contributed by atoms with Crippen molar-refractivity contribution in [3.05, 3.63) is 0 Å². The van der Waals surface area contributed by atoms with Crippen molar-refractivity contribution in [1.29, 1.82) is 0 Å². The summed E-state index contributed by atoms with van der Waals surface area (Å²) in [4.78, 5) is 35.9. The highest BCUT2D eigenvalue weighted by molar-refractivity contribution is 7.92. The maximum atomic E-state index is 12.4. The smallest absolute Gasteiger partial charge is 0.305 e. The Hall–Kier alpha value is -1.64. The van der Waals surface area contributed by atoms with Crippen molar-refractivity contribution >= 4 is 27.6 Å². The van der Waals surface area contributed by atoms with E-state index in [0.717, 1.165) is 11.2 Å². The molecule has 1 aliphatic heterocycles. The van der Waals surface area contributed by atoms with Gasteiger partial charge < -0.3 is 15.3 Å². The number of sulfone groups is 1. The third kappa shape index (κ3) is 3.09. The van der Waals surface area contributed by atoms with Gasteiger partial charge in [-0.1, -0.05) is 0 Å². The quantitative estimate of drug-likeness (QED) is 0.660. The number of carbonyl (C=O) groups excluding carboxylic acids is 2. The Bertz CT molecular complexity index is 539. The number of hydrogen-bond acceptors (Lipinski definition) is 5.